The number of benzene rings is 2. The van der Waals surface area contributed by atoms with Crippen LogP contribution in [0.3, 0.4) is 0 Å². The van der Waals surface area contributed by atoms with E-state index in [0.717, 1.165) is 5.39 Å². The maximum atomic E-state index is 12.7. The number of amides is 2. The Balaban J connectivity index is 1.32. The summed E-state index contributed by atoms with van der Waals surface area (Å²) < 4.78 is 16.8. The van der Waals surface area contributed by atoms with Gasteiger partial charge in [-0.3, -0.25) is 14.5 Å². The van der Waals surface area contributed by atoms with Crippen LogP contribution in [0.1, 0.15) is 63.5 Å². The van der Waals surface area contributed by atoms with E-state index in [0.29, 0.717) is 35.1 Å². The molecular formula is C25H25NO6. The Labute approximate surface area is 185 Å². The average Bonchev–Trinajstić information content (AvgIpc) is 3.28. The molecule has 0 aliphatic carbocycles. The fraction of sp³-hybridized carbons (Fsp3) is 0.320. The predicted octanol–water partition coefficient (Wildman–Crippen LogP) is 4.59. The monoisotopic (exact) mass is 435 g/mol. The number of unbranched alkanes of at least 4 members (excludes halogenated alkanes) is 1. The number of hydrogen-bond donors (Lipinski definition) is 0. The highest BCUT2D eigenvalue weighted by Gasteiger charge is 2.34. The number of rotatable bonds is 9. The average molecular weight is 435 g/mol. The molecule has 32 heavy (non-hydrogen) atoms. The van der Waals surface area contributed by atoms with Crippen molar-refractivity contribution in [1.82, 2.24) is 4.90 Å². The van der Waals surface area contributed by atoms with E-state index in [2.05, 4.69) is 0 Å². The first-order chi connectivity index (χ1) is 15.5. The number of esters is 1. The highest BCUT2D eigenvalue weighted by molar-refractivity contribution is 6.21. The molecular weight excluding hydrogens is 410 g/mol. The minimum atomic E-state index is -0.552. The normalized spacial score (nSPS) is 13.3. The fourth-order valence-electron chi connectivity index (χ4n) is 3.70. The van der Waals surface area contributed by atoms with E-state index in [1.165, 1.54) is 4.90 Å². The first-order valence-corrected chi connectivity index (χ1v) is 10.7. The number of imide groups is 1. The summed E-state index contributed by atoms with van der Waals surface area (Å²) in [7, 11) is 0. The van der Waals surface area contributed by atoms with Crippen LogP contribution in [0.25, 0.3) is 11.0 Å². The van der Waals surface area contributed by atoms with Gasteiger partial charge in [0.2, 0.25) is 5.76 Å². The van der Waals surface area contributed by atoms with Crippen molar-refractivity contribution in [3.63, 3.8) is 0 Å². The number of carbonyl (C=O) groups excluding carboxylic acids is 3. The van der Waals surface area contributed by atoms with Crippen molar-refractivity contribution in [2.45, 2.75) is 39.4 Å². The molecule has 1 aliphatic rings. The van der Waals surface area contributed by atoms with Gasteiger partial charge in [-0.05, 0) is 44.9 Å². The van der Waals surface area contributed by atoms with Crippen LogP contribution in [0.5, 0.6) is 0 Å². The lowest BCUT2D eigenvalue weighted by atomic mass is 10.1. The third kappa shape index (κ3) is 4.29. The molecule has 7 heteroatoms. The number of furan rings is 1. The third-order valence-electron chi connectivity index (χ3n) is 5.33. The molecule has 1 aliphatic heterocycles. The van der Waals surface area contributed by atoms with Crippen LogP contribution in [0.15, 0.2) is 52.9 Å². The Morgan fingerprint density at radius 1 is 0.969 bits per heavy atom. The second-order valence-electron chi connectivity index (χ2n) is 7.92. The fourth-order valence-corrected chi connectivity index (χ4v) is 3.70. The van der Waals surface area contributed by atoms with Crippen molar-refractivity contribution in [2.75, 3.05) is 13.2 Å². The van der Waals surface area contributed by atoms with Crippen molar-refractivity contribution in [3.8, 4) is 0 Å². The molecule has 0 radical (unpaired) electrons. The molecule has 2 amide bonds. The van der Waals surface area contributed by atoms with Gasteiger partial charge in [0.05, 0.1) is 30.4 Å². The molecule has 2 aromatic carbocycles. The van der Waals surface area contributed by atoms with Crippen LogP contribution >= 0.6 is 0 Å². The first-order valence-electron chi connectivity index (χ1n) is 10.7. The molecule has 166 valence electrons. The topological polar surface area (TPSA) is 86.0 Å². The maximum Gasteiger partial charge on any atom is 0.374 e. The molecule has 0 spiro atoms. The van der Waals surface area contributed by atoms with Crippen molar-refractivity contribution in [3.05, 3.63) is 71.0 Å². The largest absolute Gasteiger partial charge is 0.460 e. The zero-order chi connectivity index (χ0) is 22.7. The van der Waals surface area contributed by atoms with Crippen molar-refractivity contribution in [2.24, 2.45) is 0 Å². The van der Waals surface area contributed by atoms with E-state index >= 15 is 0 Å². The van der Waals surface area contributed by atoms with Crippen molar-refractivity contribution >= 4 is 28.8 Å². The molecule has 2 heterocycles. The van der Waals surface area contributed by atoms with Crippen LogP contribution in [-0.2, 0) is 16.1 Å². The zero-order valence-electron chi connectivity index (χ0n) is 18.1. The minimum Gasteiger partial charge on any atom is -0.460 e. The Morgan fingerprint density at radius 3 is 2.31 bits per heavy atom. The second kappa shape index (κ2) is 9.36. The molecule has 0 saturated carbocycles. The van der Waals surface area contributed by atoms with Crippen molar-refractivity contribution in [1.29, 1.82) is 0 Å². The molecule has 0 atom stereocenters. The van der Waals surface area contributed by atoms with Gasteiger partial charge < -0.3 is 13.9 Å². The van der Waals surface area contributed by atoms with Gasteiger partial charge in [0.1, 0.15) is 5.58 Å². The molecule has 0 saturated heterocycles. The zero-order valence-corrected chi connectivity index (χ0v) is 18.1. The summed E-state index contributed by atoms with van der Waals surface area (Å²) in [6, 6.07) is 14.2. The molecule has 0 N–H and O–H groups in total. The minimum absolute atomic E-state index is 0.00896. The lowest BCUT2D eigenvalue weighted by Gasteiger charge is -2.13. The van der Waals surface area contributed by atoms with Gasteiger partial charge in [0.25, 0.3) is 11.8 Å². The van der Waals surface area contributed by atoms with Gasteiger partial charge in [0.15, 0.2) is 0 Å². The highest BCUT2D eigenvalue weighted by Crippen LogP contribution is 2.28. The van der Waals surface area contributed by atoms with Gasteiger partial charge in [-0.15, -0.1) is 0 Å². The van der Waals surface area contributed by atoms with Crippen LogP contribution in [0.4, 0.5) is 0 Å². The smallest absolute Gasteiger partial charge is 0.374 e. The number of ether oxygens (including phenoxy) is 2. The van der Waals surface area contributed by atoms with Gasteiger partial charge in [-0.2, -0.15) is 0 Å². The number of hydrogen-bond acceptors (Lipinski definition) is 6. The summed E-state index contributed by atoms with van der Waals surface area (Å²) in [6.45, 7) is 4.54. The van der Waals surface area contributed by atoms with E-state index in [-0.39, 0.29) is 43.4 Å². The molecule has 4 rings (SSSR count). The van der Waals surface area contributed by atoms with E-state index in [1.807, 2.05) is 32.0 Å². The Morgan fingerprint density at radius 2 is 1.62 bits per heavy atom. The van der Waals surface area contributed by atoms with E-state index in [1.54, 1.807) is 30.3 Å². The Kier molecular flexibility index (Phi) is 6.37. The molecule has 0 unspecified atom stereocenters. The summed E-state index contributed by atoms with van der Waals surface area (Å²) in [5.41, 5.74) is 2.15. The third-order valence-corrected chi connectivity index (χ3v) is 5.33. The summed E-state index contributed by atoms with van der Waals surface area (Å²) in [5, 5.41) is 0.825. The molecule has 7 nitrogen and oxygen atoms in total. The summed E-state index contributed by atoms with van der Waals surface area (Å²) in [6.07, 6.45) is 1.05. The Hall–Kier alpha value is -3.45. The van der Waals surface area contributed by atoms with Gasteiger partial charge in [0, 0.05) is 17.5 Å². The lowest BCUT2D eigenvalue weighted by molar-refractivity contribution is 0.0428. The van der Waals surface area contributed by atoms with Gasteiger partial charge in [-0.25, -0.2) is 4.79 Å². The maximum absolute atomic E-state index is 12.7. The SMILES string of the molecule is CC(C)OCc1c(C(=O)OCCCCN2C(=O)c3ccccc3C2=O)oc2ccccc12. The summed E-state index contributed by atoms with van der Waals surface area (Å²) in [4.78, 5) is 38.7. The highest BCUT2D eigenvalue weighted by atomic mass is 16.5. The molecule has 3 aromatic rings. The van der Waals surface area contributed by atoms with E-state index in [4.69, 9.17) is 13.9 Å². The standard InChI is InChI=1S/C25H25NO6/c1-16(2)31-15-20-17-9-5-6-12-21(17)32-22(20)25(29)30-14-8-7-13-26-23(27)18-10-3-4-11-19(18)24(26)28/h3-6,9-12,16H,7-8,13-15H2,1-2H3. The first kappa shape index (κ1) is 21.8. The number of fused-ring (bicyclic) bond motifs is 2. The van der Waals surface area contributed by atoms with E-state index < -0.39 is 5.97 Å². The predicted molar refractivity (Wildman–Crippen MR) is 117 cm³/mol. The number of carbonyl (C=O) groups is 3. The Bertz CT molecular complexity index is 1130. The quantitative estimate of drug-likeness (QED) is 0.278. The van der Waals surface area contributed by atoms with Gasteiger partial charge >= 0.3 is 5.97 Å². The number of nitrogens with zero attached hydrogens (tertiary/aromatic N) is 1. The van der Waals surface area contributed by atoms with Crippen LogP contribution in [-0.4, -0.2) is 41.9 Å². The van der Waals surface area contributed by atoms with Crippen molar-refractivity contribution < 1.29 is 28.3 Å². The van der Waals surface area contributed by atoms with E-state index in [9.17, 15) is 14.4 Å². The number of para-hydroxylation sites is 1. The summed E-state index contributed by atoms with van der Waals surface area (Å²) in [5.74, 6) is -0.962. The molecule has 1 aromatic heterocycles. The van der Waals surface area contributed by atoms with Crippen LogP contribution in [0.2, 0.25) is 0 Å². The second-order valence-corrected chi connectivity index (χ2v) is 7.92. The van der Waals surface area contributed by atoms with Crippen LogP contribution < -0.4 is 0 Å². The lowest BCUT2D eigenvalue weighted by Crippen LogP contribution is -2.30. The molecule has 0 bridgehead atoms. The summed E-state index contributed by atoms with van der Waals surface area (Å²) >= 11 is 0. The molecule has 0 fully saturated rings. The van der Waals surface area contributed by atoms with Gasteiger partial charge in [-0.1, -0.05) is 30.3 Å². The van der Waals surface area contributed by atoms with Crippen LogP contribution in [0, 0.1) is 0 Å².